The average Bonchev–Trinajstić information content (AvgIpc) is 2.95. The molecule has 0 radical (unpaired) electrons. The Kier molecular flexibility index (Phi) is 5.18. The van der Waals surface area contributed by atoms with Gasteiger partial charge in [-0.3, -0.25) is 4.79 Å². The summed E-state index contributed by atoms with van der Waals surface area (Å²) < 4.78 is 5.54. The first-order valence-electron chi connectivity index (χ1n) is 7.16. The zero-order chi connectivity index (χ0) is 14.4. The van der Waals surface area contributed by atoms with E-state index in [2.05, 4.69) is 0 Å². The van der Waals surface area contributed by atoms with E-state index in [-0.39, 0.29) is 11.9 Å². The minimum absolute atomic E-state index is 0.0317. The molecule has 1 heterocycles. The van der Waals surface area contributed by atoms with Gasteiger partial charge in [0.15, 0.2) is 0 Å². The molecular weight excluding hydrogens is 252 g/mol. The van der Waals surface area contributed by atoms with Crippen molar-refractivity contribution in [3.63, 3.8) is 0 Å². The first kappa shape index (κ1) is 14.6. The van der Waals surface area contributed by atoms with E-state index in [1.165, 1.54) is 0 Å². The summed E-state index contributed by atoms with van der Waals surface area (Å²) >= 11 is 0. The Morgan fingerprint density at radius 2 is 2.30 bits per heavy atom. The highest BCUT2D eigenvalue weighted by atomic mass is 16.5. The summed E-state index contributed by atoms with van der Waals surface area (Å²) in [5.74, 6) is 0.833. The zero-order valence-corrected chi connectivity index (χ0v) is 11.9. The van der Waals surface area contributed by atoms with Gasteiger partial charge >= 0.3 is 0 Å². The predicted molar refractivity (Wildman–Crippen MR) is 80.4 cm³/mol. The van der Waals surface area contributed by atoms with Crippen LogP contribution in [-0.2, 0) is 4.79 Å². The predicted octanol–water partition coefficient (Wildman–Crippen LogP) is 2.05. The number of hydrogen-bond acceptors (Lipinski definition) is 3. The van der Waals surface area contributed by atoms with Crippen molar-refractivity contribution >= 4 is 12.0 Å². The monoisotopic (exact) mass is 274 g/mol. The van der Waals surface area contributed by atoms with Crippen LogP contribution in [-0.4, -0.2) is 36.5 Å². The van der Waals surface area contributed by atoms with Gasteiger partial charge in [-0.15, -0.1) is 0 Å². The maximum absolute atomic E-state index is 12.2. The largest absolute Gasteiger partial charge is 0.493 e. The van der Waals surface area contributed by atoms with E-state index in [9.17, 15) is 4.79 Å². The van der Waals surface area contributed by atoms with E-state index in [1.54, 1.807) is 6.08 Å². The normalized spacial score (nSPS) is 18.7. The molecule has 0 spiro atoms. The first-order chi connectivity index (χ1) is 9.76. The van der Waals surface area contributed by atoms with Crippen LogP contribution in [0.4, 0.5) is 0 Å². The molecule has 4 nitrogen and oxygen atoms in total. The summed E-state index contributed by atoms with van der Waals surface area (Å²) in [6, 6.07) is 7.90. The van der Waals surface area contributed by atoms with Crippen molar-refractivity contribution in [1.82, 2.24) is 4.90 Å². The van der Waals surface area contributed by atoms with Gasteiger partial charge < -0.3 is 15.4 Å². The molecule has 0 saturated carbocycles. The zero-order valence-electron chi connectivity index (χ0n) is 11.9. The molecule has 1 aliphatic rings. The van der Waals surface area contributed by atoms with Gasteiger partial charge in [0, 0.05) is 30.8 Å². The summed E-state index contributed by atoms with van der Waals surface area (Å²) in [7, 11) is 0. The van der Waals surface area contributed by atoms with Crippen LogP contribution in [0, 0.1) is 0 Å². The van der Waals surface area contributed by atoms with Crippen LogP contribution in [0.2, 0.25) is 0 Å². The Hall–Kier alpha value is -1.81. The lowest BCUT2D eigenvalue weighted by Crippen LogP contribution is -2.38. The number of benzene rings is 1. The van der Waals surface area contributed by atoms with Crippen LogP contribution in [0.1, 0.15) is 25.3 Å². The van der Waals surface area contributed by atoms with Crippen molar-refractivity contribution < 1.29 is 9.53 Å². The lowest BCUT2D eigenvalue weighted by molar-refractivity contribution is -0.126. The van der Waals surface area contributed by atoms with Crippen molar-refractivity contribution in [1.29, 1.82) is 0 Å². The highest BCUT2D eigenvalue weighted by Gasteiger charge is 2.25. The number of para-hydroxylation sites is 1. The van der Waals surface area contributed by atoms with Crippen molar-refractivity contribution in [3.05, 3.63) is 35.9 Å². The second-order valence-electron chi connectivity index (χ2n) is 4.87. The number of carbonyl (C=O) groups excluding carboxylic acids is 1. The Balaban J connectivity index is 2.07. The number of rotatable bonds is 5. The van der Waals surface area contributed by atoms with Crippen molar-refractivity contribution in [2.75, 3.05) is 19.7 Å². The van der Waals surface area contributed by atoms with E-state index in [1.807, 2.05) is 42.2 Å². The van der Waals surface area contributed by atoms with Crippen LogP contribution in [0.15, 0.2) is 30.3 Å². The molecule has 1 atom stereocenters. The number of amides is 1. The van der Waals surface area contributed by atoms with Gasteiger partial charge in [-0.2, -0.15) is 0 Å². The average molecular weight is 274 g/mol. The molecule has 1 amide bonds. The Labute approximate surface area is 120 Å². The van der Waals surface area contributed by atoms with Gasteiger partial charge in [-0.25, -0.2) is 0 Å². The van der Waals surface area contributed by atoms with Crippen molar-refractivity contribution in [3.8, 4) is 5.75 Å². The number of ether oxygens (including phenoxy) is 1. The molecule has 1 unspecified atom stereocenters. The lowest BCUT2D eigenvalue weighted by atomic mass is 10.2. The molecule has 1 fully saturated rings. The van der Waals surface area contributed by atoms with Crippen LogP contribution < -0.4 is 10.5 Å². The van der Waals surface area contributed by atoms with Crippen LogP contribution >= 0.6 is 0 Å². The molecule has 1 aromatic rings. The summed E-state index contributed by atoms with van der Waals surface area (Å²) in [5.41, 5.74) is 6.62. The Bertz CT molecular complexity index is 485. The van der Waals surface area contributed by atoms with E-state index >= 15 is 0 Å². The fraction of sp³-hybridized carbons (Fsp3) is 0.438. The van der Waals surface area contributed by atoms with Gasteiger partial charge in [0.25, 0.3) is 0 Å². The van der Waals surface area contributed by atoms with E-state index < -0.39 is 0 Å². The molecule has 108 valence electrons. The van der Waals surface area contributed by atoms with Crippen molar-refractivity contribution in [2.24, 2.45) is 5.73 Å². The maximum Gasteiger partial charge on any atom is 0.246 e. The molecule has 4 heteroatoms. The van der Waals surface area contributed by atoms with Crippen LogP contribution in [0.25, 0.3) is 6.08 Å². The Morgan fingerprint density at radius 1 is 1.50 bits per heavy atom. The number of likely N-dealkylation sites (tertiary alicyclic amines) is 1. The minimum atomic E-state index is 0.0317. The molecular formula is C16H22N2O2. The summed E-state index contributed by atoms with van der Waals surface area (Å²) in [4.78, 5) is 14.1. The molecule has 20 heavy (non-hydrogen) atoms. The number of nitrogens with zero attached hydrogens (tertiary/aromatic N) is 1. The summed E-state index contributed by atoms with van der Waals surface area (Å²) in [6.07, 6.45) is 5.48. The molecule has 0 bridgehead atoms. The standard InChI is InChI=1S/C16H22N2O2/c1-2-20-15-8-4-3-6-13(15)9-10-16(19)18-11-5-7-14(18)12-17/h3-4,6,8-10,14H,2,5,7,11-12,17H2,1H3/b10-9+. The van der Waals surface area contributed by atoms with Gasteiger partial charge in [0.1, 0.15) is 5.75 Å². The van der Waals surface area contributed by atoms with Gasteiger partial charge in [-0.1, -0.05) is 18.2 Å². The highest BCUT2D eigenvalue weighted by molar-refractivity contribution is 5.92. The first-order valence-corrected chi connectivity index (χ1v) is 7.16. The minimum Gasteiger partial charge on any atom is -0.493 e. The van der Waals surface area contributed by atoms with E-state index in [0.29, 0.717) is 13.2 Å². The second-order valence-corrected chi connectivity index (χ2v) is 4.87. The molecule has 1 saturated heterocycles. The van der Waals surface area contributed by atoms with E-state index in [0.717, 1.165) is 30.7 Å². The van der Waals surface area contributed by atoms with E-state index in [4.69, 9.17) is 10.5 Å². The number of hydrogen-bond donors (Lipinski definition) is 1. The topological polar surface area (TPSA) is 55.6 Å². The van der Waals surface area contributed by atoms with Crippen LogP contribution in [0.3, 0.4) is 0 Å². The summed E-state index contributed by atoms with van der Waals surface area (Å²) in [5, 5.41) is 0. The van der Waals surface area contributed by atoms with Crippen molar-refractivity contribution in [2.45, 2.75) is 25.8 Å². The smallest absolute Gasteiger partial charge is 0.246 e. The molecule has 0 aliphatic carbocycles. The quantitative estimate of drug-likeness (QED) is 0.836. The lowest BCUT2D eigenvalue weighted by Gasteiger charge is -2.21. The molecule has 1 aromatic carbocycles. The third kappa shape index (κ3) is 3.39. The number of carbonyl (C=O) groups is 1. The molecule has 0 aromatic heterocycles. The fourth-order valence-electron chi connectivity index (χ4n) is 2.53. The van der Waals surface area contributed by atoms with Gasteiger partial charge in [0.2, 0.25) is 5.91 Å². The Morgan fingerprint density at radius 3 is 3.05 bits per heavy atom. The molecule has 1 aliphatic heterocycles. The fourth-order valence-corrected chi connectivity index (χ4v) is 2.53. The van der Waals surface area contributed by atoms with Gasteiger partial charge in [0.05, 0.1) is 6.61 Å². The molecule has 2 rings (SSSR count). The highest BCUT2D eigenvalue weighted by Crippen LogP contribution is 2.21. The molecule has 2 N–H and O–H groups in total. The summed E-state index contributed by atoms with van der Waals surface area (Å²) in [6.45, 7) is 3.90. The maximum atomic E-state index is 12.2. The third-order valence-electron chi connectivity index (χ3n) is 3.56. The second kappa shape index (κ2) is 7.10. The SMILES string of the molecule is CCOc1ccccc1/C=C/C(=O)N1CCCC1CN. The third-order valence-corrected chi connectivity index (χ3v) is 3.56. The van der Waals surface area contributed by atoms with Crippen LogP contribution in [0.5, 0.6) is 5.75 Å². The van der Waals surface area contributed by atoms with Gasteiger partial charge in [-0.05, 0) is 31.9 Å². The number of nitrogens with two attached hydrogens (primary N) is 1.